The molecular formula is C19H19N3O4. The van der Waals surface area contributed by atoms with Crippen LogP contribution in [0, 0.1) is 0 Å². The lowest BCUT2D eigenvalue weighted by Gasteiger charge is -2.04. The second-order valence-corrected chi connectivity index (χ2v) is 5.67. The lowest BCUT2D eigenvalue weighted by Crippen LogP contribution is -2.35. The van der Waals surface area contributed by atoms with Gasteiger partial charge in [0.2, 0.25) is 12.7 Å². The molecule has 0 saturated carbocycles. The highest BCUT2D eigenvalue weighted by atomic mass is 16.7. The zero-order chi connectivity index (χ0) is 18.2. The maximum absolute atomic E-state index is 11.8. The highest BCUT2D eigenvalue weighted by molar-refractivity contribution is 5.86. The fourth-order valence-corrected chi connectivity index (χ4v) is 2.38. The number of carbonyl (C=O) groups excluding carboxylic acids is 2. The molecule has 1 aliphatic heterocycles. The summed E-state index contributed by atoms with van der Waals surface area (Å²) in [5.41, 5.74) is 4.22. The molecule has 3 rings (SSSR count). The molecule has 0 aliphatic carbocycles. The monoisotopic (exact) mass is 353 g/mol. The minimum atomic E-state index is -0.393. The molecule has 2 aromatic carbocycles. The van der Waals surface area contributed by atoms with E-state index in [1.165, 1.54) is 6.21 Å². The van der Waals surface area contributed by atoms with Crippen molar-refractivity contribution < 1.29 is 19.1 Å². The van der Waals surface area contributed by atoms with Crippen molar-refractivity contribution in [2.24, 2.45) is 5.10 Å². The molecule has 2 amide bonds. The Bertz CT molecular complexity index is 806. The summed E-state index contributed by atoms with van der Waals surface area (Å²) in [6, 6.07) is 15.1. The molecule has 0 fully saturated rings. The molecule has 2 N–H and O–H groups in total. The molecule has 1 aliphatic rings. The molecule has 7 nitrogen and oxygen atoms in total. The van der Waals surface area contributed by atoms with Gasteiger partial charge in [-0.15, -0.1) is 0 Å². The number of amides is 2. The first-order valence-corrected chi connectivity index (χ1v) is 8.23. The van der Waals surface area contributed by atoms with Crippen molar-refractivity contribution in [1.29, 1.82) is 0 Å². The average molecular weight is 353 g/mol. The molecule has 134 valence electrons. The van der Waals surface area contributed by atoms with Gasteiger partial charge in [-0.25, -0.2) is 5.43 Å². The van der Waals surface area contributed by atoms with Crippen molar-refractivity contribution in [3.8, 4) is 11.5 Å². The fraction of sp³-hybridized carbons (Fsp3) is 0.211. The van der Waals surface area contributed by atoms with Gasteiger partial charge in [-0.3, -0.25) is 9.59 Å². The predicted octanol–water partition coefficient (Wildman–Crippen LogP) is 1.61. The Balaban J connectivity index is 1.36. The van der Waals surface area contributed by atoms with Crippen LogP contribution in [0.15, 0.2) is 53.6 Å². The first-order valence-electron chi connectivity index (χ1n) is 8.23. The summed E-state index contributed by atoms with van der Waals surface area (Å²) in [5, 5.41) is 6.44. The van der Waals surface area contributed by atoms with E-state index in [2.05, 4.69) is 15.8 Å². The number of hydrazone groups is 1. The van der Waals surface area contributed by atoms with Gasteiger partial charge in [0.25, 0.3) is 5.91 Å². The number of benzene rings is 2. The summed E-state index contributed by atoms with van der Waals surface area (Å²) in [5.74, 6) is 0.758. The highest BCUT2D eigenvalue weighted by Crippen LogP contribution is 2.31. The minimum absolute atomic E-state index is 0.119. The molecule has 0 unspecified atom stereocenters. The summed E-state index contributed by atoms with van der Waals surface area (Å²) >= 11 is 0. The van der Waals surface area contributed by atoms with E-state index in [0.29, 0.717) is 24.3 Å². The van der Waals surface area contributed by atoms with Gasteiger partial charge in [0.15, 0.2) is 11.5 Å². The summed E-state index contributed by atoms with van der Waals surface area (Å²) in [7, 11) is 0. The van der Waals surface area contributed by atoms with Crippen molar-refractivity contribution in [3.05, 3.63) is 59.7 Å². The van der Waals surface area contributed by atoms with Gasteiger partial charge >= 0.3 is 0 Å². The first kappa shape index (κ1) is 17.5. The number of nitrogens with zero attached hydrogens (tertiary/aromatic N) is 1. The van der Waals surface area contributed by atoms with Gasteiger partial charge in [-0.1, -0.05) is 30.3 Å². The van der Waals surface area contributed by atoms with E-state index in [9.17, 15) is 9.59 Å². The van der Waals surface area contributed by atoms with E-state index >= 15 is 0 Å². The van der Waals surface area contributed by atoms with Crippen molar-refractivity contribution in [1.82, 2.24) is 10.7 Å². The van der Waals surface area contributed by atoms with Gasteiger partial charge < -0.3 is 14.8 Å². The molecular weight excluding hydrogens is 334 g/mol. The number of rotatable bonds is 7. The van der Waals surface area contributed by atoms with E-state index in [1.54, 1.807) is 18.2 Å². The standard InChI is InChI=1S/C19H19N3O4/c23-18(9-7-14-4-2-1-3-5-14)20-12-19(24)22-21-11-15-6-8-16-17(10-15)26-13-25-16/h1-6,8,10-11H,7,9,12-13H2,(H,20,23)(H,22,24)/b21-11-. The van der Waals surface area contributed by atoms with Crippen LogP contribution in [0.2, 0.25) is 0 Å². The van der Waals surface area contributed by atoms with E-state index in [4.69, 9.17) is 9.47 Å². The molecule has 26 heavy (non-hydrogen) atoms. The first-order chi connectivity index (χ1) is 12.7. The second-order valence-electron chi connectivity index (χ2n) is 5.67. The number of fused-ring (bicyclic) bond motifs is 1. The maximum atomic E-state index is 11.8. The normalized spacial score (nSPS) is 12.2. The van der Waals surface area contributed by atoms with Gasteiger partial charge in [-0.05, 0) is 35.7 Å². The molecule has 1 heterocycles. The molecule has 0 bridgehead atoms. The van der Waals surface area contributed by atoms with Crippen molar-refractivity contribution in [3.63, 3.8) is 0 Å². The molecule has 0 aromatic heterocycles. The van der Waals surface area contributed by atoms with E-state index in [1.807, 2.05) is 30.3 Å². The highest BCUT2D eigenvalue weighted by Gasteiger charge is 2.12. The van der Waals surface area contributed by atoms with Crippen molar-refractivity contribution in [2.75, 3.05) is 13.3 Å². The van der Waals surface area contributed by atoms with E-state index in [-0.39, 0.29) is 19.2 Å². The average Bonchev–Trinajstić information content (AvgIpc) is 3.13. The summed E-state index contributed by atoms with van der Waals surface area (Å²) in [4.78, 5) is 23.5. The smallest absolute Gasteiger partial charge is 0.259 e. The zero-order valence-corrected chi connectivity index (χ0v) is 14.1. The number of carbonyl (C=O) groups is 2. The number of hydrogen-bond acceptors (Lipinski definition) is 5. The molecule has 0 radical (unpaired) electrons. The lowest BCUT2D eigenvalue weighted by molar-refractivity contribution is -0.126. The van der Waals surface area contributed by atoms with Crippen LogP contribution in [0.25, 0.3) is 0 Å². The fourth-order valence-electron chi connectivity index (χ4n) is 2.38. The van der Waals surface area contributed by atoms with Crippen LogP contribution in [-0.4, -0.2) is 31.4 Å². The summed E-state index contributed by atoms with van der Waals surface area (Å²) < 4.78 is 10.5. The number of nitrogens with one attached hydrogen (secondary N) is 2. The Labute approximate surface area is 151 Å². The van der Waals surface area contributed by atoms with Crippen LogP contribution < -0.4 is 20.2 Å². The van der Waals surface area contributed by atoms with E-state index in [0.717, 1.165) is 11.1 Å². The van der Waals surface area contributed by atoms with Crippen LogP contribution in [0.3, 0.4) is 0 Å². The number of hydrogen-bond donors (Lipinski definition) is 2. The Kier molecular flexibility index (Phi) is 5.82. The predicted molar refractivity (Wildman–Crippen MR) is 96.1 cm³/mol. The Morgan fingerprint density at radius 3 is 2.69 bits per heavy atom. The quantitative estimate of drug-likeness (QED) is 0.585. The third-order valence-corrected chi connectivity index (χ3v) is 3.73. The molecule has 0 atom stereocenters. The van der Waals surface area contributed by atoms with Crippen molar-refractivity contribution in [2.45, 2.75) is 12.8 Å². The Morgan fingerprint density at radius 2 is 1.85 bits per heavy atom. The van der Waals surface area contributed by atoms with Gasteiger partial charge in [0.05, 0.1) is 12.8 Å². The van der Waals surface area contributed by atoms with E-state index < -0.39 is 5.91 Å². The summed E-state index contributed by atoms with van der Waals surface area (Å²) in [6.45, 7) is 0.0860. The van der Waals surface area contributed by atoms with Gasteiger partial charge in [-0.2, -0.15) is 5.10 Å². The zero-order valence-electron chi connectivity index (χ0n) is 14.1. The Hall–Kier alpha value is -3.35. The maximum Gasteiger partial charge on any atom is 0.259 e. The van der Waals surface area contributed by atoms with Crippen LogP contribution in [0.1, 0.15) is 17.5 Å². The summed E-state index contributed by atoms with van der Waals surface area (Å²) in [6.07, 6.45) is 2.46. The lowest BCUT2D eigenvalue weighted by atomic mass is 10.1. The molecule has 0 spiro atoms. The molecule has 7 heteroatoms. The van der Waals surface area contributed by atoms with Crippen LogP contribution >= 0.6 is 0 Å². The largest absolute Gasteiger partial charge is 0.454 e. The third-order valence-electron chi connectivity index (χ3n) is 3.73. The topological polar surface area (TPSA) is 89.0 Å². The van der Waals surface area contributed by atoms with Crippen LogP contribution in [0.5, 0.6) is 11.5 Å². The minimum Gasteiger partial charge on any atom is -0.454 e. The van der Waals surface area contributed by atoms with Gasteiger partial charge in [0, 0.05) is 6.42 Å². The molecule has 0 saturated heterocycles. The van der Waals surface area contributed by atoms with Gasteiger partial charge in [0.1, 0.15) is 0 Å². The van der Waals surface area contributed by atoms with Crippen LogP contribution in [0.4, 0.5) is 0 Å². The van der Waals surface area contributed by atoms with Crippen LogP contribution in [-0.2, 0) is 16.0 Å². The second kappa shape index (κ2) is 8.66. The van der Waals surface area contributed by atoms with Crippen molar-refractivity contribution >= 4 is 18.0 Å². The Morgan fingerprint density at radius 1 is 1.04 bits per heavy atom. The SMILES string of the molecule is O=C(CCc1ccccc1)NCC(=O)N/N=C\c1ccc2c(c1)OCO2. The number of aryl methyl sites for hydroxylation is 1. The third kappa shape index (κ3) is 5.07. The number of ether oxygens (including phenoxy) is 2. The molecule has 2 aromatic rings.